The number of anilines is 1. The molecular formula is C16H15F3N2. The molecule has 0 fully saturated rings. The largest absolute Gasteiger partial charge is 0.369 e. The van der Waals surface area contributed by atoms with Gasteiger partial charge in [0.05, 0.1) is 6.04 Å². The van der Waals surface area contributed by atoms with Gasteiger partial charge in [-0.15, -0.1) is 0 Å². The minimum Gasteiger partial charge on any atom is -0.369 e. The van der Waals surface area contributed by atoms with Crippen LogP contribution < -0.4 is 10.6 Å². The van der Waals surface area contributed by atoms with Crippen molar-refractivity contribution in [1.82, 2.24) is 0 Å². The molecule has 1 unspecified atom stereocenters. The van der Waals surface area contributed by atoms with Gasteiger partial charge in [-0.3, -0.25) is 0 Å². The van der Waals surface area contributed by atoms with Crippen molar-refractivity contribution in [3.05, 3.63) is 65.0 Å². The van der Waals surface area contributed by atoms with Gasteiger partial charge in [-0.1, -0.05) is 12.1 Å². The van der Waals surface area contributed by atoms with E-state index >= 15 is 0 Å². The summed E-state index contributed by atoms with van der Waals surface area (Å²) in [6.45, 7) is 1.08. The molecule has 0 radical (unpaired) electrons. The second-order valence-corrected chi connectivity index (χ2v) is 5.24. The molecule has 21 heavy (non-hydrogen) atoms. The maximum atomic E-state index is 13.7. The second kappa shape index (κ2) is 5.41. The second-order valence-electron chi connectivity index (χ2n) is 5.24. The third-order valence-electron chi connectivity index (χ3n) is 3.82. The molecule has 0 aromatic heterocycles. The molecule has 0 aliphatic carbocycles. The fraction of sp³-hybridized carbons (Fsp3) is 0.250. The lowest BCUT2D eigenvalue weighted by Crippen LogP contribution is -2.31. The van der Waals surface area contributed by atoms with Crippen LogP contribution in [0.25, 0.3) is 0 Å². The predicted molar refractivity (Wildman–Crippen MR) is 75.6 cm³/mol. The van der Waals surface area contributed by atoms with Crippen LogP contribution in [0.3, 0.4) is 0 Å². The van der Waals surface area contributed by atoms with E-state index in [-0.39, 0.29) is 11.4 Å². The first-order chi connectivity index (χ1) is 10.0. The van der Waals surface area contributed by atoms with Crippen LogP contribution in [0.5, 0.6) is 0 Å². The zero-order valence-corrected chi connectivity index (χ0v) is 11.3. The quantitative estimate of drug-likeness (QED) is 0.941. The third kappa shape index (κ3) is 2.74. The zero-order chi connectivity index (χ0) is 15.0. The molecule has 2 N–H and O–H groups in total. The Balaban J connectivity index is 1.80. The van der Waals surface area contributed by atoms with Crippen LogP contribution in [0, 0.1) is 17.5 Å². The van der Waals surface area contributed by atoms with E-state index in [2.05, 4.69) is 0 Å². The van der Waals surface area contributed by atoms with Crippen molar-refractivity contribution >= 4 is 5.69 Å². The first-order valence-electron chi connectivity index (χ1n) is 6.78. The molecule has 2 aromatic carbocycles. The van der Waals surface area contributed by atoms with Crippen molar-refractivity contribution in [3.63, 3.8) is 0 Å². The highest BCUT2D eigenvalue weighted by molar-refractivity contribution is 5.58. The highest BCUT2D eigenvalue weighted by Gasteiger charge is 2.23. The number of nitrogens with two attached hydrogens (primary N) is 1. The van der Waals surface area contributed by atoms with Crippen molar-refractivity contribution in [3.8, 4) is 0 Å². The van der Waals surface area contributed by atoms with Crippen LogP contribution in [-0.2, 0) is 6.42 Å². The van der Waals surface area contributed by atoms with Crippen molar-refractivity contribution < 1.29 is 13.2 Å². The molecule has 0 saturated carbocycles. The highest BCUT2D eigenvalue weighted by Crippen LogP contribution is 2.30. The van der Waals surface area contributed by atoms with Crippen molar-refractivity contribution in [1.29, 1.82) is 0 Å². The SMILES string of the molecule is NC(CN1CCc2ccc(F)cc21)c1ccc(F)cc1F. The Morgan fingerprint density at radius 3 is 2.52 bits per heavy atom. The standard InChI is InChI=1S/C16H15F3N2/c17-11-3-4-13(14(19)7-11)15(20)9-21-6-5-10-1-2-12(18)8-16(10)21/h1-4,7-8,15H,5-6,9,20H2. The monoisotopic (exact) mass is 292 g/mol. The molecule has 3 rings (SSSR count). The van der Waals surface area contributed by atoms with Crippen LogP contribution in [-0.4, -0.2) is 13.1 Å². The lowest BCUT2D eigenvalue weighted by molar-refractivity contribution is 0.552. The van der Waals surface area contributed by atoms with Gasteiger partial charge >= 0.3 is 0 Å². The Hall–Kier alpha value is -2.01. The van der Waals surface area contributed by atoms with Gasteiger partial charge in [-0.05, 0) is 30.2 Å². The van der Waals surface area contributed by atoms with E-state index in [1.54, 1.807) is 6.07 Å². The summed E-state index contributed by atoms with van der Waals surface area (Å²) in [5.74, 6) is -1.58. The predicted octanol–water partition coefficient (Wildman–Crippen LogP) is 3.17. The molecule has 0 bridgehead atoms. The Kier molecular flexibility index (Phi) is 3.59. The third-order valence-corrected chi connectivity index (χ3v) is 3.82. The molecule has 0 saturated heterocycles. The van der Waals surface area contributed by atoms with E-state index in [0.717, 1.165) is 30.3 Å². The minimum absolute atomic E-state index is 0.265. The molecule has 2 nitrogen and oxygen atoms in total. The number of nitrogens with zero attached hydrogens (tertiary/aromatic N) is 1. The number of hydrogen-bond donors (Lipinski definition) is 1. The fourth-order valence-corrected chi connectivity index (χ4v) is 2.75. The van der Waals surface area contributed by atoms with Crippen LogP contribution in [0.15, 0.2) is 36.4 Å². The smallest absolute Gasteiger partial charge is 0.130 e. The van der Waals surface area contributed by atoms with E-state index in [0.29, 0.717) is 6.54 Å². The molecule has 110 valence electrons. The molecule has 0 spiro atoms. The summed E-state index contributed by atoms with van der Waals surface area (Å²) >= 11 is 0. The molecule has 5 heteroatoms. The van der Waals surface area contributed by atoms with Gasteiger partial charge in [-0.25, -0.2) is 13.2 Å². The normalized spacial score (nSPS) is 15.1. The van der Waals surface area contributed by atoms with E-state index < -0.39 is 17.7 Å². The number of benzene rings is 2. The highest BCUT2D eigenvalue weighted by atomic mass is 19.1. The summed E-state index contributed by atoms with van der Waals surface area (Å²) in [5, 5.41) is 0. The van der Waals surface area contributed by atoms with E-state index in [9.17, 15) is 13.2 Å². The first-order valence-corrected chi connectivity index (χ1v) is 6.78. The van der Waals surface area contributed by atoms with E-state index in [1.165, 1.54) is 24.3 Å². The number of halogens is 3. The van der Waals surface area contributed by atoms with Crippen molar-refractivity contribution in [2.75, 3.05) is 18.0 Å². The molecule has 0 amide bonds. The summed E-state index contributed by atoms with van der Waals surface area (Å²) in [6, 6.07) is 7.44. The van der Waals surface area contributed by atoms with E-state index in [4.69, 9.17) is 5.73 Å². The van der Waals surface area contributed by atoms with Crippen molar-refractivity contribution in [2.45, 2.75) is 12.5 Å². The summed E-state index contributed by atoms with van der Waals surface area (Å²) in [5.41, 5.74) is 8.15. The van der Waals surface area contributed by atoms with Crippen LogP contribution >= 0.6 is 0 Å². The molecule has 2 aromatic rings. The van der Waals surface area contributed by atoms with Gasteiger partial charge in [0, 0.05) is 30.4 Å². The first kappa shape index (κ1) is 13.9. The Bertz CT molecular complexity index is 673. The minimum atomic E-state index is -0.652. The summed E-state index contributed by atoms with van der Waals surface area (Å²) in [4.78, 5) is 1.94. The molecule has 1 atom stereocenters. The topological polar surface area (TPSA) is 29.3 Å². The average Bonchev–Trinajstić information content (AvgIpc) is 2.81. The van der Waals surface area contributed by atoms with Gasteiger partial charge in [0.1, 0.15) is 17.5 Å². The Morgan fingerprint density at radius 1 is 1.05 bits per heavy atom. The zero-order valence-electron chi connectivity index (χ0n) is 11.3. The van der Waals surface area contributed by atoms with Gasteiger partial charge in [0.25, 0.3) is 0 Å². The maximum absolute atomic E-state index is 13.7. The molecular weight excluding hydrogens is 277 g/mol. The van der Waals surface area contributed by atoms with Crippen LogP contribution in [0.4, 0.5) is 18.9 Å². The van der Waals surface area contributed by atoms with E-state index in [1.807, 2.05) is 4.90 Å². The molecule has 1 aliphatic rings. The lowest BCUT2D eigenvalue weighted by atomic mass is 10.1. The average molecular weight is 292 g/mol. The fourth-order valence-electron chi connectivity index (χ4n) is 2.75. The van der Waals surface area contributed by atoms with Gasteiger partial charge in [0.2, 0.25) is 0 Å². The summed E-state index contributed by atoms with van der Waals surface area (Å²) in [7, 11) is 0. The van der Waals surface area contributed by atoms with Crippen LogP contribution in [0.2, 0.25) is 0 Å². The lowest BCUT2D eigenvalue weighted by Gasteiger charge is -2.24. The van der Waals surface area contributed by atoms with Crippen LogP contribution in [0.1, 0.15) is 17.2 Å². The Labute approximate surface area is 121 Å². The maximum Gasteiger partial charge on any atom is 0.130 e. The number of hydrogen-bond acceptors (Lipinski definition) is 2. The summed E-state index contributed by atoms with van der Waals surface area (Å²) < 4.78 is 40.0. The molecule has 1 heterocycles. The van der Waals surface area contributed by atoms with Gasteiger partial charge in [0.15, 0.2) is 0 Å². The Morgan fingerprint density at radius 2 is 1.76 bits per heavy atom. The van der Waals surface area contributed by atoms with Crippen molar-refractivity contribution in [2.24, 2.45) is 5.73 Å². The number of fused-ring (bicyclic) bond motifs is 1. The molecule has 1 aliphatic heterocycles. The number of rotatable bonds is 3. The van der Waals surface area contributed by atoms with Gasteiger partial charge in [-0.2, -0.15) is 0 Å². The summed E-state index contributed by atoms with van der Waals surface area (Å²) in [6.07, 6.45) is 0.814. The van der Waals surface area contributed by atoms with Gasteiger partial charge < -0.3 is 10.6 Å².